The fourth-order valence-corrected chi connectivity index (χ4v) is 1.78. The number of methoxy groups -OCH3 is 1. The number of amides is 1. The van der Waals surface area contributed by atoms with Crippen LogP contribution in [0.4, 0.5) is 4.39 Å². The monoisotopic (exact) mass is 303 g/mol. The Bertz CT molecular complexity index is 421. The van der Waals surface area contributed by atoms with E-state index in [-0.39, 0.29) is 5.56 Å². The number of hydrogen-bond donors (Lipinski definition) is 1. The molecule has 1 rings (SSSR count). The van der Waals surface area contributed by atoms with Gasteiger partial charge < -0.3 is 10.1 Å². The zero-order valence-corrected chi connectivity index (χ0v) is 11.6. The quantitative estimate of drug-likeness (QED) is 0.929. The van der Waals surface area contributed by atoms with Crippen LogP contribution in [0.3, 0.4) is 0 Å². The average molecular weight is 304 g/mol. The van der Waals surface area contributed by atoms with Gasteiger partial charge in [0.1, 0.15) is 5.82 Å². The maximum Gasteiger partial charge on any atom is 0.254 e. The van der Waals surface area contributed by atoms with Gasteiger partial charge in [0.15, 0.2) is 0 Å². The van der Waals surface area contributed by atoms with E-state index in [1.165, 1.54) is 12.1 Å². The highest BCUT2D eigenvalue weighted by Crippen LogP contribution is 2.16. The first kappa shape index (κ1) is 14.1. The Morgan fingerprint density at radius 3 is 2.71 bits per heavy atom. The number of nitrogens with one attached hydrogen (secondary N) is 1. The first-order valence-corrected chi connectivity index (χ1v) is 5.91. The molecular weight excluding hydrogens is 289 g/mol. The first-order chi connectivity index (χ1) is 7.85. The van der Waals surface area contributed by atoms with Crippen LogP contribution >= 0.6 is 15.9 Å². The Morgan fingerprint density at radius 2 is 2.18 bits per heavy atom. The second-order valence-electron chi connectivity index (χ2n) is 4.40. The van der Waals surface area contributed by atoms with Gasteiger partial charge >= 0.3 is 0 Å². The molecule has 3 nitrogen and oxygen atoms in total. The first-order valence-electron chi connectivity index (χ1n) is 5.12. The fraction of sp³-hybridized carbons (Fsp3) is 0.417. The van der Waals surface area contributed by atoms with E-state index in [2.05, 4.69) is 21.2 Å². The highest BCUT2D eigenvalue weighted by Gasteiger charge is 2.22. The second kappa shape index (κ2) is 5.60. The summed E-state index contributed by atoms with van der Waals surface area (Å²) in [5, 5.41) is 2.71. The lowest BCUT2D eigenvalue weighted by atomic mass is 10.1. The van der Waals surface area contributed by atoms with Gasteiger partial charge in [-0.1, -0.05) is 15.9 Å². The molecule has 0 bridgehead atoms. The molecule has 0 atom stereocenters. The maximum absolute atomic E-state index is 13.5. The third-order valence-corrected chi connectivity index (χ3v) is 2.63. The Kier molecular flexibility index (Phi) is 4.65. The fourth-order valence-electron chi connectivity index (χ4n) is 1.45. The maximum atomic E-state index is 13.5. The van der Waals surface area contributed by atoms with Crippen LogP contribution in [0.5, 0.6) is 0 Å². The van der Waals surface area contributed by atoms with Gasteiger partial charge in [0.25, 0.3) is 5.91 Å². The summed E-state index contributed by atoms with van der Waals surface area (Å²) in [6, 6.07) is 4.33. The third kappa shape index (κ3) is 4.09. The molecule has 0 unspecified atom stereocenters. The highest BCUT2D eigenvalue weighted by molar-refractivity contribution is 9.10. The lowest BCUT2D eigenvalue weighted by Gasteiger charge is -2.25. The molecule has 0 saturated heterocycles. The molecule has 0 spiro atoms. The number of rotatable bonds is 4. The summed E-state index contributed by atoms with van der Waals surface area (Å²) >= 11 is 3.14. The van der Waals surface area contributed by atoms with Crippen LogP contribution in [-0.4, -0.2) is 25.2 Å². The molecule has 1 N–H and O–H groups in total. The molecule has 94 valence electrons. The van der Waals surface area contributed by atoms with E-state index in [4.69, 9.17) is 4.74 Å². The summed E-state index contributed by atoms with van der Waals surface area (Å²) in [5.74, 6) is -0.998. The van der Waals surface area contributed by atoms with E-state index >= 15 is 0 Å². The van der Waals surface area contributed by atoms with E-state index in [1.807, 2.05) is 13.8 Å². The van der Waals surface area contributed by atoms with Crippen LogP contribution in [-0.2, 0) is 4.74 Å². The lowest BCUT2D eigenvalue weighted by Crippen LogP contribution is -2.47. The van der Waals surface area contributed by atoms with Gasteiger partial charge in [-0.05, 0) is 32.0 Å². The zero-order valence-electron chi connectivity index (χ0n) is 10.0. The number of halogens is 2. The SMILES string of the molecule is COCC(C)(C)NC(=O)c1ccc(Br)cc1F. The predicted molar refractivity (Wildman–Crippen MR) is 67.5 cm³/mol. The average Bonchev–Trinajstić information content (AvgIpc) is 2.15. The van der Waals surface area contributed by atoms with Gasteiger partial charge in [-0.2, -0.15) is 0 Å². The topological polar surface area (TPSA) is 38.3 Å². The van der Waals surface area contributed by atoms with Crippen molar-refractivity contribution in [2.45, 2.75) is 19.4 Å². The molecule has 1 aromatic carbocycles. The van der Waals surface area contributed by atoms with Crippen LogP contribution in [0.25, 0.3) is 0 Å². The summed E-state index contributed by atoms with van der Waals surface area (Å²) in [4.78, 5) is 11.8. The van der Waals surface area contributed by atoms with E-state index in [0.717, 1.165) is 0 Å². The summed E-state index contributed by atoms with van der Waals surface area (Å²) in [5.41, 5.74) is -0.511. The highest BCUT2D eigenvalue weighted by atomic mass is 79.9. The van der Waals surface area contributed by atoms with Crippen molar-refractivity contribution in [2.24, 2.45) is 0 Å². The number of hydrogen-bond acceptors (Lipinski definition) is 2. The minimum atomic E-state index is -0.551. The van der Waals surface area contributed by atoms with Crippen molar-refractivity contribution < 1.29 is 13.9 Å². The van der Waals surface area contributed by atoms with Gasteiger partial charge in [0.05, 0.1) is 17.7 Å². The molecule has 0 aliphatic heterocycles. The normalized spacial score (nSPS) is 11.4. The van der Waals surface area contributed by atoms with Crippen LogP contribution in [0, 0.1) is 5.82 Å². The molecule has 0 aliphatic carbocycles. The third-order valence-electron chi connectivity index (χ3n) is 2.13. The van der Waals surface area contributed by atoms with Crippen molar-refractivity contribution in [3.63, 3.8) is 0 Å². The molecular formula is C12H15BrFNO2. The largest absolute Gasteiger partial charge is 0.382 e. The number of ether oxygens (including phenoxy) is 1. The van der Waals surface area contributed by atoms with E-state index in [9.17, 15) is 9.18 Å². The molecule has 0 aromatic heterocycles. The summed E-state index contributed by atoms with van der Waals surface area (Å²) in [6.45, 7) is 3.98. The molecule has 0 aliphatic rings. The smallest absolute Gasteiger partial charge is 0.254 e. The molecule has 0 fully saturated rings. The molecule has 1 amide bonds. The standard InChI is InChI=1S/C12H15BrFNO2/c1-12(2,7-17-3)15-11(16)9-5-4-8(13)6-10(9)14/h4-6H,7H2,1-3H3,(H,15,16). The van der Waals surface area contributed by atoms with Gasteiger partial charge in [0.2, 0.25) is 0 Å². The minimum Gasteiger partial charge on any atom is -0.382 e. The van der Waals surface area contributed by atoms with Crippen LogP contribution in [0.15, 0.2) is 22.7 Å². The van der Waals surface area contributed by atoms with Crippen molar-refractivity contribution >= 4 is 21.8 Å². The lowest BCUT2D eigenvalue weighted by molar-refractivity contribution is 0.0816. The molecule has 0 heterocycles. The molecule has 5 heteroatoms. The number of carbonyl (C=O) groups is 1. The van der Waals surface area contributed by atoms with Gasteiger partial charge in [-0.3, -0.25) is 4.79 Å². The molecule has 0 radical (unpaired) electrons. The Labute approximate surface area is 108 Å². The van der Waals surface area contributed by atoms with E-state index < -0.39 is 17.3 Å². The molecule has 17 heavy (non-hydrogen) atoms. The van der Waals surface area contributed by atoms with Crippen molar-refractivity contribution in [3.05, 3.63) is 34.1 Å². The van der Waals surface area contributed by atoms with Crippen molar-refractivity contribution in [1.29, 1.82) is 0 Å². The van der Waals surface area contributed by atoms with Crippen molar-refractivity contribution in [2.75, 3.05) is 13.7 Å². The number of carbonyl (C=O) groups excluding carboxylic acids is 1. The Morgan fingerprint density at radius 1 is 1.53 bits per heavy atom. The van der Waals surface area contributed by atoms with Gasteiger partial charge in [0, 0.05) is 11.6 Å². The summed E-state index contributed by atoms with van der Waals surface area (Å²) in [7, 11) is 1.55. The summed E-state index contributed by atoms with van der Waals surface area (Å²) < 4.78 is 19.1. The minimum absolute atomic E-state index is 0.0254. The zero-order chi connectivity index (χ0) is 13.1. The van der Waals surface area contributed by atoms with Gasteiger partial charge in [-0.25, -0.2) is 4.39 Å². The molecule has 0 saturated carbocycles. The summed E-state index contributed by atoms with van der Waals surface area (Å²) in [6.07, 6.45) is 0. The van der Waals surface area contributed by atoms with Crippen molar-refractivity contribution in [3.8, 4) is 0 Å². The van der Waals surface area contributed by atoms with Crippen LogP contribution in [0.1, 0.15) is 24.2 Å². The second-order valence-corrected chi connectivity index (χ2v) is 5.31. The van der Waals surface area contributed by atoms with Crippen molar-refractivity contribution in [1.82, 2.24) is 5.32 Å². The Balaban J connectivity index is 2.83. The number of benzene rings is 1. The van der Waals surface area contributed by atoms with E-state index in [1.54, 1.807) is 13.2 Å². The molecule has 1 aromatic rings. The predicted octanol–water partition coefficient (Wildman–Crippen LogP) is 2.74. The van der Waals surface area contributed by atoms with Crippen LogP contribution < -0.4 is 5.32 Å². The van der Waals surface area contributed by atoms with Gasteiger partial charge in [-0.15, -0.1) is 0 Å². The van der Waals surface area contributed by atoms with E-state index in [0.29, 0.717) is 11.1 Å². The van der Waals surface area contributed by atoms with Crippen LogP contribution in [0.2, 0.25) is 0 Å². The Hall–Kier alpha value is -0.940.